The number of carbonyl (C=O) groups excluding carboxylic acids is 1. The van der Waals surface area contributed by atoms with Gasteiger partial charge in [0.2, 0.25) is 0 Å². The number of carbonyl (C=O) groups is 1. The smallest absolute Gasteiger partial charge is 0.315 e. The van der Waals surface area contributed by atoms with E-state index < -0.39 is 0 Å². The zero-order valence-corrected chi connectivity index (χ0v) is 20.6. The second-order valence-electron chi connectivity index (χ2n) is 8.67. The van der Waals surface area contributed by atoms with Crippen LogP contribution >= 0.6 is 11.8 Å². The number of thioether (sulfide) groups is 1. The summed E-state index contributed by atoms with van der Waals surface area (Å²) in [5.74, 6) is 0.808. The maximum atomic E-state index is 11.7. The minimum absolute atomic E-state index is 0.254. The van der Waals surface area contributed by atoms with Crippen molar-refractivity contribution in [2.45, 2.75) is 115 Å². The molecule has 1 rings (SSSR count). The Bertz CT molecular complexity index is 551. The molecule has 2 amide bonds. The first kappa shape index (κ1) is 27.7. The van der Waals surface area contributed by atoms with Crippen LogP contribution in [0.5, 0.6) is 5.75 Å². The largest absolute Gasteiger partial charge is 0.508 e. The van der Waals surface area contributed by atoms with Gasteiger partial charge in [-0.05, 0) is 30.7 Å². The zero-order chi connectivity index (χ0) is 22.6. The fourth-order valence-electron chi connectivity index (χ4n) is 3.78. The van der Waals surface area contributed by atoms with Crippen molar-refractivity contribution in [3.63, 3.8) is 0 Å². The summed E-state index contributed by atoms with van der Waals surface area (Å²) in [6.45, 7) is 3.00. The molecule has 0 saturated heterocycles. The predicted molar refractivity (Wildman–Crippen MR) is 135 cm³/mol. The van der Waals surface area contributed by atoms with Gasteiger partial charge in [-0.3, -0.25) is 0 Å². The van der Waals surface area contributed by atoms with Gasteiger partial charge in [-0.15, -0.1) is 11.8 Å². The van der Waals surface area contributed by atoms with E-state index in [1.807, 2.05) is 12.1 Å². The first-order valence-corrected chi connectivity index (χ1v) is 13.6. The molecule has 0 unspecified atom stereocenters. The number of aromatic hydroxyl groups is 1. The van der Waals surface area contributed by atoms with Crippen LogP contribution in [0.2, 0.25) is 0 Å². The van der Waals surface area contributed by atoms with E-state index in [0.29, 0.717) is 5.88 Å². The normalized spacial score (nSPS) is 11.0. The van der Waals surface area contributed by atoms with E-state index in [9.17, 15) is 9.90 Å². The Hall–Kier alpha value is -1.36. The summed E-state index contributed by atoms with van der Waals surface area (Å²) in [4.78, 5) is 14.4. The highest BCUT2D eigenvalue weighted by Crippen LogP contribution is 2.22. The lowest BCUT2D eigenvalue weighted by atomic mass is 10.0. The fourth-order valence-corrected chi connectivity index (χ4v) is 4.67. The van der Waals surface area contributed by atoms with Crippen molar-refractivity contribution in [1.82, 2.24) is 4.90 Å². The number of primary amides is 1. The number of nitrogens with two attached hydrogens (primary N) is 1. The Labute approximate surface area is 195 Å². The zero-order valence-electron chi connectivity index (χ0n) is 19.8. The van der Waals surface area contributed by atoms with Crippen LogP contribution in [0.1, 0.15) is 110 Å². The first-order valence-electron chi connectivity index (χ1n) is 12.6. The summed E-state index contributed by atoms with van der Waals surface area (Å²) in [6.07, 6.45) is 21.5. The number of rotatable bonds is 20. The van der Waals surface area contributed by atoms with Gasteiger partial charge >= 0.3 is 6.03 Å². The van der Waals surface area contributed by atoms with Crippen molar-refractivity contribution >= 4 is 17.8 Å². The molecule has 178 valence electrons. The number of nitrogens with zero attached hydrogens (tertiary/aromatic N) is 1. The highest BCUT2D eigenvalue weighted by molar-refractivity contribution is 7.99. The molecule has 0 saturated carbocycles. The molecule has 31 heavy (non-hydrogen) atoms. The molecule has 0 aliphatic carbocycles. The summed E-state index contributed by atoms with van der Waals surface area (Å²) < 4.78 is 0. The first-order chi connectivity index (χ1) is 15.1. The molecule has 3 N–H and O–H groups in total. The maximum absolute atomic E-state index is 11.7. The number of urea groups is 1. The lowest BCUT2D eigenvalue weighted by Crippen LogP contribution is -2.36. The van der Waals surface area contributed by atoms with Crippen molar-refractivity contribution < 1.29 is 9.90 Å². The number of amides is 2. The van der Waals surface area contributed by atoms with E-state index in [-0.39, 0.29) is 11.8 Å². The lowest BCUT2D eigenvalue weighted by molar-refractivity contribution is 0.215. The van der Waals surface area contributed by atoms with Crippen LogP contribution in [0.15, 0.2) is 29.2 Å². The van der Waals surface area contributed by atoms with Gasteiger partial charge in [-0.2, -0.15) is 0 Å². The molecule has 1 aromatic rings. The third-order valence-corrected chi connectivity index (χ3v) is 6.86. The Morgan fingerprint density at radius 1 is 0.774 bits per heavy atom. The Morgan fingerprint density at radius 2 is 1.19 bits per heavy atom. The van der Waals surface area contributed by atoms with Crippen LogP contribution in [0.25, 0.3) is 0 Å². The minimum atomic E-state index is -0.354. The van der Waals surface area contributed by atoms with Crippen LogP contribution in [0, 0.1) is 0 Å². The average molecular weight is 451 g/mol. The van der Waals surface area contributed by atoms with E-state index in [2.05, 4.69) is 6.92 Å². The van der Waals surface area contributed by atoms with Crippen LogP contribution in [0.3, 0.4) is 0 Å². The van der Waals surface area contributed by atoms with Crippen molar-refractivity contribution in [3.05, 3.63) is 24.3 Å². The highest BCUT2D eigenvalue weighted by Gasteiger charge is 2.09. The van der Waals surface area contributed by atoms with E-state index in [1.54, 1.807) is 28.8 Å². The molecule has 5 heteroatoms. The molecule has 0 bridgehead atoms. The Balaban J connectivity index is 1.91. The van der Waals surface area contributed by atoms with Crippen molar-refractivity contribution in [1.29, 1.82) is 0 Å². The Kier molecular flexibility index (Phi) is 17.3. The summed E-state index contributed by atoms with van der Waals surface area (Å²) >= 11 is 1.57. The summed E-state index contributed by atoms with van der Waals surface area (Å²) in [5, 5.41) is 9.34. The maximum Gasteiger partial charge on any atom is 0.315 e. The van der Waals surface area contributed by atoms with Gasteiger partial charge in [0.1, 0.15) is 5.75 Å². The van der Waals surface area contributed by atoms with E-state index in [1.165, 1.54) is 89.9 Å². The van der Waals surface area contributed by atoms with Crippen LogP contribution < -0.4 is 5.73 Å². The fraction of sp³-hybridized carbons (Fsp3) is 0.731. The SMILES string of the molecule is CCCCCCCCCCCCCCCCCCN(CSc1ccc(O)cc1)C(N)=O. The van der Waals surface area contributed by atoms with Crippen LogP contribution in [0.4, 0.5) is 4.79 Å². The van der Waals surface area contributed by atoms with Gasteiger partial charge in [-0.25, -0.2) is 4.79 Å². The Morgan fingerprint density at radius 3 is 1.61 bits per heavy atom. The molecule has 0 fully saturated rings. The molecule has 0 aromatic heterocycles. The second kappa shape index (κ2) is 19.3. The van der Waals surface area contributed by atoms with E-state index >= 15 is 0 Å². The van der Waals surface area contributed by atoms with Gasteiger partial charge in [-0.1, -0.05) is 103 Å². The summed E-state index contributed by atoms with van der Waals surface area (Å²) in [7, 11) is 0. The molecule has 4 nitrogen and oxygen atoms in total. The van der Waals surface area contributed by atoms with E-state index in [0.717, 1.165) is 24.3 Å². The number of hydrogen-bond donors (Lipinski definition) is 2. The third kappa shape index (κ3) is 16.0. The molecule has 1 aromatic carbocycles. The van der Waals surface area contributed by atoms with Gasteiger partial charge < -0.3 is 15.7 Å². The van der Waals surface area contributed by atoms with Gasteiger partial charge in [0, 0.05) is 11.4 Å². The number of unbranched alkanes of at least 4 members (excludes halogenated alkanes) is 15. The lowest BCUT2D eigenvalue weighted by Gasteiger charge is -2.19. The van der Waals surface area contributed by atoms with E-state index in [4.69, 9.17) is 5.73 Å². The van der Waals surface area contributed by atoms with Crippen molar-refractivity contribution in [2.75, 3.05) is 12.4 Å². The van der Waals surface area contributed by atoms with Crippen LogP contribution in [-0.2, 0) is 0 Å². The summed E-state index contributed by atoms with van der Waals surface area (Å²) in [5.41, 5.74) is 5.53. The number of hydrogen-bond acceptors (Lipinski definition) is 3. The van der Waals surface area contributed by atoms with Crippen molar-refractivity contribution in [3.8, 4) is 5.75 Å². The number of benzene rings is 1. The molecule has 0 aliphatic rings. The minimum Gasteiger partial charge on any atom is -0.508 e. The topological polar surface area (TPSA) is 66.6 Å². The standard InChI is InChI=1S/C26H46N2O2S/c1-2-3-4-5-6-7-8-9-10-11-12-13-14-15-16-17-22-28(26(27)30)23-31-25-20-18-24(29)19-21-25/h18-21,29H,2-17,22-23H2,1H3,(H2,27,30). The molecule has 0 radical (unpaired) electrons. The predicted octanol–water partition coefficient (Wildman–Crippen LogP) is 8.08. The molecule has 0 spiro atoms. The van der Waals surface area contributed by atoms with Gasteiger partial charge in [0.15, 0.2) is 0 Å². The molecule has 0 atom stereocenters. The van der Waals surface area contributed by atoms with Gasteiger partial charge in [0.05, 0.1) is 5.88 Å². The van der Waals surface area contributed by atoms with Gasteiger partial charge in [0.25, 0.3) is 0 Å². The molecular weight excluding hydrogens is 404 g/mol. The second-order valence-corrected chi connectivity index (χ2v) is 9.69. The van der Waals surface area contributed by atoms with Crippen LogP contribution in [-0.4, -0.2) is 28.5 Å². The molecule has 0 heterocycles. The summed E-state index contributed by atoms with van der Waals surface area (Å²) in [6, 6.07) is 6.67. The van der Waals surface area contributed by atoms with Crippen molar-refractivity contribution in [2.24, 2.45) is 5.73 Å². The third-order valence-electron chi connectivity index (χ3n) is 5.82. The average Bonchev–Trinajstić information content (AvgIpc) is 2.76. The molecule has 0 aliphatic heterocycles. The number of phenolic OH excluding ortho intramolecular Hbond substituents is 1. The number of phenols is 1. The molecular formula is C26H46N2O2S. The quantitative estimate of drug-likeness (QED) is 0.120. The monoisotopic (exact) mass is 450 g/mol. The highest BCUT2D eigenvalue weighted by atomic mass is 32.2.